The first-order valence-corrected chi connectivity index (χ1v) is 9.14. The summed E-state index contributed by atoms with van der Waals surface area (Å²) < 4.78 is 11.3. The van der Waals surface area contributed by atoms with Crippen molar-refractivity contribution in [2.45, 2.75) is 25.8 Å². The van der Waals surface area contributed by atoms with Crippen LogP contribution in [0, 0.1) is 5.92 Å². The molecule has 0 N–H and O–H groups in total. The van der Waals surface area contributed by atoms with Crippen molar-refractivity contribution in [3.63, 3.8) is 0 Å². The molecule has 0 aromatic carbocycles. The number of amides is 1. The van der Waals surface area contributed by atoms with E-state index in [2.05, 4.69) is 16.0 Å². The number of nitrogens with zero attached hydrogens (tertiary/aromatic N) is 3. The van der Waals surface area contributed by atoms with Crippen LogP contribution in [0.4, 0.5) is 0 Å². The second-order valence-electron chi connectivity index (χ2n) is 6.60. The summed E-state index contributed by atoms with van der Waals surface area (Å²) in [5.41, 5.74) is 1.74. The Kier molecular flexibility index (Phi) is 4.84. The summed E-state index contributed by atoms with van der Waals surface area (Å²) >= 11 is 0. The minimum Gasteiger partial charge on any atom is -0.477 e. The fourth-order valence-electron chi connectivity index (χ4n) is 3.78. The Balaban J connectivity index is 1.53. The SMILES string of the molecule is [B]c1ccnc(OCC)c1C(=O)N1C2=CC(COc3ccccn3)C1CC2. The molecular formula is C20H20BN3O3. The molecule has 2 radical (unpaired) electrons. The van der Waals surface area contributed by atoms with Gasteiger partial charge in [0.25, 0.3) is 5.91 Å². The summed E-state index contributed by atoms with van der Waals surface area (Å²) in [5, 5.41) is 0. The van der Waals surface area contributed by atoms with Crippen LogP contribution in [-0.2, 0) is 0 Å². The van der Waals surface area contributed by atoms with Gasteiger partial charge in [-0.2, -0.15) is 0 Å². The summed E-state index contributed by atoms with van der Waals surface area (Å²) in [6, 6.07) is 7.25. The maximum atomic E-state index is 13.3. The monoisotopic (exact) mass is 361 g/mol. The van der Waals surface area contributed by atoms with E-state index in [-0.39, 0.29) is 23.7 Å². The number of hydrogen-bond donors (Lipinski definition) is 0. The minimum atomic E-state index is -0.155. The molecule has 2 aromatic rings. The molecule has 6 nitrogen and oxygen atoms in total. The highest BCUT2D eigenvalue weighted by atomic mass is 16.5. The van der Waals surface area contributed by atoms with Crippen molar-refractivity contribution in [2.75, 3.05) is 13.2 Å². The maximum Gasteiger partial charge on any atom is 0.263 e. The lowest BCUT2D eigenvalue weighted by molar-refractivity contribution is 0.0756. The quantitative estimate of drug-likeness (QED) is 0.735. The molecule has 2 atom stereocenters. The van der Waals surface area contributed by atoms with Gasteiger partial charge in [-0.25, -0.2) is 9.97 Å². The minimum absolute atomic E-state index is 0.0605. The molecule has 27 heavy (non-hydrogen) atoms. The van der Waals surface area contributed by atoms with E-state index in [4.69, 9.17) is 17.3 Å². The molecule has 0 saturated carbocycles. The van der Waals surface area contributed by atoms with Crippen molar-refractivity contribution in [2.24, 2.45) is 5.92 Å². The maximum absolute atomic E-state index is 13.3. The van der Waals surface area contributed by atoms with Gasteiger partial charge in [-0.1, -0.05) is 17.6 Å². The van der Waals surface area contributed by atoms with Crippen LogP contribution >= 0.6 is 0 Å². The largest absolute Gasteiger partial charge is 0.477 e. The summed E-state index contributed by atoms with van der Waals surface area (Å²) in [4.78, 5) is 23.5. The van der Waals surface area contributed by atoms with E-state index >= 15 is 0 Å². The summed E-state index contributed by atoms with van der Waals surface area (Å²) in [6.07, 6.45) is 7.17. The third kappa shape index (κ3) is 3.29. The Bertz CT molecular complexity index is 872. The first-order valence-electron chi connectivity index (χ1n) is 9.14. The zero-order chi connectivity index (χ0) is 18.8. The van der Waals surface area contributed by atoms with E-state index in [0.29, 0.717) is 30.1 Å². The fourth-order valence-corrected chi connectivity index (χ4v) is 3.78. The zero-order valence-electron chi connectivity index (χ0n) is 15.2. The lowest BCUT2D eigenvalue weighted by Gasteiger charge is -2.25. The van der Waals surface area contributed by atoms with E-state index in [1.165, 1.54) is 0 Å². The Labute approximate surface area is 159 Å². The molecule has 2 aromatic heterocycles. The molecule has 4 heterocycles. The molecule has 1 amide bonds. The molecule has 7 heteroatoms. The van der Waals surface area contributed by atoms with Gasteiger partial charge in [-0.05, 0) is 31.9 Å². The third-order valence-corrected chi connectivity index (χ3v) is 4.96. The second kappa shape index (κ2) is 7.43. The number of pyridine rings is 2. The average Bonchev–Trinajstić information content (AvgIpc) is 3.25. The third-order valence-electron chi connectivity index (χ3n) is 4.96. The fraction of sp³-hybridized carbons (Fsp3) is 0.350. The van der Waals surface area contributed by atoms with Crippen molar-refractivity contribution in [3.8, 4) is 11.8 Å². The van der Waals surface area contributed by atoms with Gasteiger partial charge >= 0.3 is 0 Å². The molecule has 1 fully saturated rings. The highest BCUT2D eigenvalue weighted by Gasteiger charge is 2.44. The summed E-state index contributed by atoms with van der Waals surface area (Å²) in [5.74, 6) is 0.855. The number of carbonyl (C=O) groups excluding carboxylic acids is 1. The molecule has 0 aliphatic carbocycles. The molecule has 1 saturated heterocycles. The number of ether oxygens (including phenoxy) is 2. The van der Waals surface area contributed by atoms with Crippen LogP contribution in [0.2, 0.25) is 0 Å². The number of rotatable bonds is 6. The van der Waals surface area contributed by atoms with Gasteiger partial charge in [0.2, 0.25) is 11.8 Å². The average molecular weight is 361 g/mol. The molecule has 2 bridgehead atoms. The van der Waals surface area contributed by atoms with Crippen LogP contribution in [-0.4, -0.2) is 47.9 Å². The van der Waals surface area contributed by atoms with E-state index in [1.54, 1.807) is 18.5 Å². The van der Waals surface area contributed by atoms with Gasteiger partial charge < -0.3 is 14.4 Å². The zero-order valence-corrected chi connectivity index (χ0v) is 15.2. The second-order valence-corrected chi connectivity index (χ2v) is 6.60. The van der Waals surface area contributed by atoms with Crippen LogP contribution < -0.4 is 14.9 Å². The first kappa shape index (κ1) is 17.6. The van der Waals surface area contributed by atoms with Crippen molar-refractivity contribution in [3.05, 3.63) is 54.0 Å². The molecule has 136 valence electrons. The normalized spacial score (nSPS) is 20.5. The smallest absolute Gasteiger partial charge is 0.263 e. The predicted octanol–water partition coefficient (Wildman–Crippen LogP) is 1.87. The number of hydrogen-bond acceptors (Lipinski definition) is 5. The topological polar surface area (TPSA) is 64.5 Å². The molecular weight excluding hydrogens is 341 g/mol. The molecule has 2 unspecified atom stereocenters. The van der Waals surface area contributed by atoms with Gasteiger partial charge in [-0.3, -0.25) is 4.79 Å². The number of allylic oxidation sites excluding steroid dienone is 1. The highest BCUT2D eigenvalue weighted by Crippen LogP contribution is 2.41. The first-order chi connectivity index (χ1) is 13.2. The highest BCUT2D eigenvalue weighted by molar-refractivity contribution is 6.37. The standard InChI is InChI=1S/C20H20BN3O3/c1-2-26-19-18(15(21)8-10-23-19)20(25)24-14-6-7-16(24)13(11-14)12-27-17-5-3-4-9-22-17/h3-5,8-11,13,16H,2,6-7,12H2,1H3. The summed E-state index contributed by atoms with van der Waals surface area (Å²) in [6.45, 7) is 2.76. The van der Waals surface area contributed by atoms with Gasteiger partial charge in [0.15, 0.2) is 0 Å². The molecule has 2 aliphatic heterocycles. The Morgan fingerprint density at radius 3 is 2.93 bits per heavy atom. The Hall–Kier alpha value is -2.83. The number of carbonyl (C=O) groups is 1. The van der Waals surface area contributed by atoms with Gasteiger partial charge in [0, 0.05) is 36.1 Å². The van der Waals surface area contributed by atoms with Crippen molar-refractivity contribution >= 4 is 19.2 Å². The predicted molar refractivity (Wildman–Crippen MR) is 101 cm³/mol. The number of aromatic nitrogens is 2. The lowest BCUT2D eigenvalue weighted by Crippen LogP contribution is -2.38. The van der Waals surface area contributed by atoms with E-state index in [1.807, 2.05) is 30.0 Å². The van der Waals surface area contributed by atoms with Crippen molar-refractivity contribution in [1.82, 2.24) is 14.9 Å². The van der Waals surface area contributed by atoms with Crippen LogP contribution in [0.5, 0.6) is 11.8 Å². The van der Waals surface area contributed by atoms with Gasteiger partial charge in [-0.15, -0.1) is 0 Å². The van der Waals surface area contributed by atoms with Gasteiger partial charge in [0.05, 0.1) is 18.8 Å². The molecule has 4 rings (SSSR count). The van der Waals surface area contributed by atoms with Crippen LogP contribution in [0.25, 0.3) is 0 Å². The van der Waals surface area contributed by atoms with E-state index in [9.17, 15) is 4.79 Å². The van der Waals surface area contributed by atoms with Gasteiger partial charge in [0.1, 0.15) is 7.85 Å². The lowest BCUT2D eigenvalue weighted by atomic mass is 9.91. The van der Waals surface area contributed by atoms with Crippen LogP contribution in [0.15, 0.2) is 48.4 Å². The van der Waals surface area contributed by atoms with Crippen LogP contribution in [0.3, 0.4) is 0 Å². The van der Waals surface area contributed by atoms with Crippen molar-refractivity contribution in [1.29, 1.82) is 0 Å². The Morgan fingerprint density at radius 2 is 2.15 bits per heavy atom. The van der Waals surface area contributed by atoms with E-state index < -0.39 is 0 Å². The van der Waals surface area contributed by atoms with Crippen molar-refractivity contribution < 1.29 is 14.3 Å². The summed E-state index contributed by atoms with van der Waals surface area (Å²) in [7, 11) is 6.08. The number of fused-ring (bicyclic) bond motifs is 2. The van der Waals surface area contributed by atoms with E-state index in [0.717, 1.165) is 18.5 Å². The molecule has 0 spiro atoms. The molecule has 2 aliphatic rings. The Morgan fingerprint density at radius 1 is 1.26 bits per heavy atom. The van der Waals surface area contributed by atoms with Crippen LogP contribution in [0.1, 0.15) is 30.1 Å².